The largest absolute Gasteiger partial charge is 0.313 e. The number of hydrazine groups is 1. The van der Waals surface area contributed by atoms with E-state index in [0.29, 0.717) is 10.6 Å². The van der Waals surface area contributed by atoms with E-state index in [1.54, 1.807) is 0 Å². The summed E-state index contributed by atoms with van der Waals surface area (Å²) in [5, 5.41) is 13.9. The lowest BCUT2D eigenvalue weighted by Gasteiger charge is -2.10. The van der Waals surface area contributed by atoms with E-state index >= 15 is 0 Å². The van der Waals surface area contributed by atoms with Crippen molar-refractivity contribution in [1.82, 2.24) is 10.9 Å². The zero-order valence-electron chi connectivity index (χ0n) is 15.7. The van der Waals surface area contributed by atoms with Crippen LogP contribution < -0.4 is 16.2 Å². The number of nitrogens with one attached hydrogen (secondary N) is 3. The van der Waals surface area contributed by atoms with E-state index in [9.17, 15) is 24.5 Å². The van der Waals surface area contributed by atoms with E-state index < -0.39 is 22.6 Å². The molecule has 1 aromatic heterocycles. The molecule has 0 bridgehead atoms. The van der Waals surface area contributed by atoms with Gasteiger partial charge < -0.3 is 5.32 Å². The minimum atomic E-state index is -0.539. The van der Waals surface area contributed by atoms with E-state index in [2.05, 4.69) is 16.2 Å². The number of fused-ring (bicyclic) bond motifs is 1. The summed E-state index contributed by atoms with van der Waals surface area (Å²) < 4.78 is 0. The van der Waals surface area contributed by atoms with Crippen LogP contribution in [0.15, 0.2) is 24.3 Å². The molecular weight excluding hydrogens is 396 g/mol. The van der Waals surface area contributed by atoms with Crippen molar-refractivity contribution < 1.29 is 19.3 Å². The van der Waals surface area contributed by atoms with Gasteiger partial charge in [0, 0.05) is 29.5 Å². The molecule has 0 radical (unpaired) electrons. The van der Waals surface area contributed by atoms with Gasteiger partial charge in [0.25, 0.3) is 17.5 Å². The Morgan fingerprint density at radius 3 is 2.34 bits per heavy atom. The fraction of sp³-hybridized carbons (Fsp3) is 0.316. The maximum atomic E-state index is 12.7. The molecular formula is C19H20N4O5S. The normalized spacial score (nSPS) is 13.0. The Balaban J connectivity index is 1.89. The number of carbonyl (C=O) groups excluding carboxylic acids is 3. The van der Waals surface area contributed by atoms with E-state index in [-0.39, 0.29) is 11.3 Å². The highest BCUT2D eigenvalue weighted by molar-refractivity contribution is 7.17. The predicted octanol–water partition coefficient (Wildman–Crippen LogP) is 2.96. The van der Waals surface area contributed by atoms with Gasteiger partial charge in [0.15, 0.2) is 0 Å². The van der Waals surface area contributed by atoms with Crippen LogP contribution >= 0.6 is 11.3 Å². The Morgan fingerprint density at radius 2 is 1.69 bits per heavy atom. The van der Waals surface area contributed by atoms with E-state index in [4.69, 9.17) is 0 Å². The molecule has 3 N–H and O–H groups in total. The molecule has 2 aromatic rings. The highest BCUT2D eigenvalue weighted by Crippen LogP contribution is 2.37. The van der Waals surface area contributed by atoms with Crippen LogP contribution in [-0.2, 0) is 17.6 Å². The molecule has 0 spiro atoms. The first-order chi connectivity index (χ1) is 13.9. The van der Waals surface area contributed by atoms with Crippen LogP contribution in [0.3, 0.4) is 0 Å². The maximum Gasteiger partial charge on any atom is 0.272 e. The van der Waals surface area contributed by atoms with Gasteiger partial charge in [-0.3, -0.25) is 35.3 Å². The topological polar surface area (TPSA) is 130 Å². The molecule has 10 heteroatoms. The molecule has 3 rings (SSSR count). The number of aryl methyl sites for hydroxylation is 1. The Bertz CT molecular complexity index is 968. The fourth-order valence-corrected chi connectivity index (χ4v) is 4.47. The van der Waals surface area contributed by atoms with Crippen molar-refractivity contribution in [2.75, 3.05) is 5.32 Å². The Hall–Kier alpha value is -3.27. The number of nitrogens with zero attached hydrogens (tertiary/aromatic N) is 1. The molecule has 9 nitrogen and oxygen atoms in total. The van der Waals surface area contributed by atoms with Crippen molar-refractivity contribution in [3.8, 4) is 0 Å². The molecule has 1 aliphatic carbocycles. The Labute approximate surface area is 170 Å². The molecule has 0 unspecified atom stereocenters. The van der Waals surface area contributed by atoms with Gasteiger partial charge in [-0.25, -0.2) is 0 Å². The summed E-state index contributed by atoms with van der Waals surface area (Å²) in [6.45, 7) is 1.28. The molecule has 0 fully saturated rings. The van der Waals surface area contributed by atoms with Gasteiger partial charge in [0.05, 0.1) is 10.5 Å². The first kappa shape index (κ1) is 20.5. The third-order valence-electron chi connectivity index (χ3n) is 4.57. The number of non-ortho nitro benzene ring substituents is 1. The molecule has 3 amide bonds. The summed E-state index contributed by atoms with van der Waals surface area (Å²) >= 11 is 1.36. The number of nitro groups is 1. The summed E-state index contributed by atoms with van der Waals surface area (Å²) in [6, 6.07) is 5.23. The van der Waals surface area contributed by atoms with Gasteiger partial charge >= 0.3 is 0 Å². The second kappa shape index (κ2) is 8.82. The van der Waals surface area contributed by atoms with Gasteiger partial charge in [-0.1, -0.05) is 6.42 Å². The van der Waals surface area contributed by atoms with Crippen LogP contribution in [0, 0.1) is 10.1 Å². The molecule has 29 heavy (non-hydrogen) atoms. The van der Waals surface area contributed by atoms with Crippen LogP contribution in [0.4, 0.5) is 10.7 Å². The maximum absolute atomic E-state index is 12.7. The van der Waals surface area contributed by atoms with Crippen LogP contribution in [0.2, 0.25) is 0 Å². The number of nitro benzene ring substituents is 1. The number of thiophene rings is 1. The van der Waals surface area contributed by atoms with Gasteiger partial charge in [-0.2, -0.15) is 0 Å². The third kappa shape index (κ3) is 4.77. The van der Waals surface area contributed by atoms with Gasteiger partial charge in [0.1, 0.15) is 5.00 Å². The SMILES string of the molecule is CC(=O)NNC(=O)c1c(NC(=O)c2ccc([N+](=O)[O-])cc2)sc2c1CCCCC2. The van der Waals surface area contributed by atoms with Gasteiger partial charge in [-0.05, 0) is 43.4 Å². The smallest absolute Gasteiger partial charge is 0.272 e. The van der Waals surface area contributed by atoms with Crippen LogP contribution in [0.5, 0.6) is 0 Å². The van der Waals surface area contributed by atoms with Crippen LogP contribution in [-0.4, -0.2) is 22.6 Å². The number of carbonyl (C=O) groups is 3. The van der Waals surface area contributed by atoms with Gasteiger partial charge in [-0.15, -0.1) is 11.3 Å². The number of rotatable bonds is 4. The zero-order valence-corrected chi connectivity index (χ0v) is 16.6. The van der Waals surface area contributed by atoms with Crippen molar-refractivity contribution in [3.05, 3.63) is 55.9 Å². The average Bonchev–Trinajstić information content (AvgIpc) is 2.86. The average molecular weight is 416 g/mol. The Morgan fingerprint density at radius 1 is 1.00 bits per heavy atom. The van der Waals surface area contributed by atoms with Crippen molar-refractivity contribution in [1.29, 1.82) is 0 Å². The third-order valence-corrected chi connectivity index (χ3v) is 5.78. The number of amides is 3. The summed E-state index contributed by atoms with van der Waals surface area (Å²) in [7, 11) is 0. The summed E-state index contributed by atoms with van der Waals surface area (Å²) in [4.78, 5) is 47.8. The van der Waals surface area contributed by atoms with Crippen molar-refractivity contribution in [2.24, 2.45) is 0 Å². The van der Waals surface area contributed by atoms with E-state index in [1.165, 1.54) is 42.5 Å². The van der Waals surface area contributed by atoms with E-state index in [1.807, 2.05) is 0 Å². The van der Waals surface area contributed by atoms with Crippen molar-refractivity contribution >= 4 is 39.7 Å². The number of anilines is 1. The van der Waals surface area contributed by atoms with Crippen molar-refractivity contribution in [2.45, 2.75) is 39.0 Å². The number of hydrogen-bond acceptors (Lipinski definition) is 6. The second-order valence-electron chi connectivity index (χ2n) is 6.66. The summed E-state index contributed by atoms with van der Waals surface area (Å²) in [5.74, 6) is -1.36. The molecule has 0 saturated carbocycles. The molecule has 1 heterocycles. The lowest BCUT2D eigenvalue weighted by molar-refractivity contribution is -0.384. The molecule has 0 aliphatic heterocycles. The fourth-order valence-electron chi connectivity index (χ4n) is 3.19. The van der Waals surface area contributed by atoms with Gasteiger partial charge in [0.2, 0.25) is 5.91 Å². The quantitative estimate of drug-likeness (QED) is 0.401. The molecule has 1 aromatic carbocycles. The van der Waals surface area contributed by atoms with E-state index in [0.717, 1.165) is 42.5 Å². The van der Waals surface area contributed by atoms with Crippen molar-refractivity contribution in [3.63, 3.8) is 0 Å². The van der Waals surface area contributed by atoms with Crippen LogP contribution in [0.1, 0.15) is 57.3 Å². The zero-order chi connectivity index (χ0) is 21.0. The summed E-state index contributed by atoms with van der Waals surface area (Å²) in [5.41, 5.74) is 6.03. The minimum absolute atomic E-state index is 0.111. The molecule has 0 saturated heterocycles. The second-order valence-corrected chi connectivity index (χ2v) is 7.77. The Kier molecular flexibility index (Phi) is 6.23. The highest BCUT2D eigenvalue weighted by atomic mass is 32.1. The monoisotopic (exact) mass is 416 g/mol. The molecule has 0 atom stereocenters. The first-order valence-electron chi connectivity index (χ1n) is 9.14. The summed E-state index contributed by atoms with van der Waals surface area (Å²) in [6.07, 6.45) is 4.57. The van der Waals surface area contributed by atoms with Crippen LogP contribution in [0.25, 0.3) is 0 Å². The highest BCUT2D eigenvalue weighted by Gasteiger charge is 2.26. The number of hydrogen-bond donors (Lipinski definition) is 3. The minimum Gasteiger partial charge on any atom is -0.313 e. The number of benzene rings is 1. The first-order valence-corrected chi connectivity index (χ1v) is 9.95. The lowest BCUT2D eigenvalue weighted by Crippen LogP contribution is -2.40. The lowest BCUT2D eigenvalue weighted by atomic mass is 10.0. The predicted molar refractivity (Wildman–Crippen MR) is 108 cm³/mol. The molecule has 152 valence electrons. The standard InChI is InChI=1S/C19H20N4O5S/c1-11(24)21-22-18(26)16-14-5-3-2-4-6-15(14)29-19(16)20-17(25)12-7-9-13(10-8-12)23(27)28/h7-10H,2-6H2,1H3,(H,20,25)(H,21,24)(H,22,26). The molecule has 1 aliphatic rings.